The number of nitrogens with one attached hydrogen (secondary N) is 1. The minimum atomic E-state index is -0.959. The van der Waals surface area contributed by atoms with Crippen molar-refractivity contribution < 1.29 is 14.7 Å². The van der Waals surface area contributed by atoms with Gasteiger partial charge in [0, 0.05) is 5.92 Å². The lowest BCUT2D eigenvalue weighted by Crippen LogP contribution is -2.43. The van der Waals surface area contributed by atoms with Crippen molar-refractivity contribution in [2.45, 2.75) is 52.5 Å². The van der Waals surface area contributed by atoms with Crippen molar-refractivity contribution in [1.82, 2.24) is 5.32 Å². The summed E-state index contributed by atoms with van der Waals surface area (Å²) in [5.74, 6) is -1.39. The van der Waals surface area contributed by atoms with Crippen LogP contribution in [0, 0.1) is 12.8 Å². The summed E-state index contributed by atoms with van der Waals surface area (Å²) in [5.41, 5.74) is 2.27. The van der Waals surface area contributed by atoms with Crippen molar-refractivity contribution in [2.75, 3.05) is 0 Å². The average molecular weight is 291 g/mol. The third-order valence-electron chi connectivity index (χ3n) is 3.57. The monoisotopic (exact) mass is 291 g/mol. The van der Waals surface area contributed by atoms with Gasteiger partial charge in [-0.15, -0.1) is 0 Å². The van der Waals surface area contributed by atoms with Gasteiger partial charge in [-0.05, 0) is 25.3 Å². The minimum absolute atomic E-state index is 0.195. The summed E-state index contributed by atoms with van der Waals surface area (Å²) in [4.78, 5) is 23.3. The van der Waals surface area contributed by atoms with Crippen LogP contribution in [-0.2, 0) is 16.0 Å². The van der Waals surface area contributed by atoms with Crippen molar-refractivity contribution in [2.24, 2.45) is 5.92 Å². The van der Waals surface area contributed by atoms with Crippen LogP contribution in [-0.4, -0.2) is 23.0 Å². The van der Waals surface area contributed by atoms with Gasteiger partial charge >= 0.3 is 5.97 Å². The van der Waals surface area contributed by atoms with Crippen LogP contribution in [0.2, 0.25) is 0 Å². The predicted octanol–water partition coefficient (Wildman–Crippen LogP) is 2.93. The number of benzene rings is 1. The molecule has 1 aromatic carbocycles. The number of hydrogen-bond donors (Lipinski definition) is 2. The van der Waals surface area contributed by atoms with Crippen molar-refractivity contribution >= 4 is 11.9 Å². The van der Waals surface area contributed by atoms with Crippen molar-refractivity contribution in [1.29, 1.82) is 0 Å². The Morgan fingerprint density at radius 1 is 1.24 bits per heavy atom. The van der Waals surface area contributed by atoms with Crippen LogP contribution in [0.25, 0.3) is 0 Å². The molecule has 0 bridgehead atoms. The van der Waals surface area contributed by atoms with E-state index in [9.17, 15) is 9.59 Å². The van der Waals surface area contributed by atoms with Crippen molar-refractivity contribution in [3.8, 4) is 0 Å². The van der Waals surface area contributed by atoms with E-state index in [0.717, 1.165) is 18.4 Å². The summed E-state index contributed by atoms with van der Waals surface area (Å²) in [6, 6.07) is 7.26. The van der Waals surface area contributed by atoms with E-state index < -0.39 is 12.0 Å². The third kappa shape index (κ3) is 5.98. The minimum Gasteiger partial charge on any atom is -0.480 e. The molecule has 0 spiro atoms. The number of aliphatic carboxylic acids is 1. The highest BCUT2D eigenvalue weighted by Gasteiger charge is 2.22. The second-order valence-electron chi connectivity index (χ2n) is 5.63. The maximum absolute atomic E-state index is 12.1. The summed E-state index contributed by atoms with van der Waals surface area (Å²) in [7, 11) is 0. The molecule has 1 aromatic rings. The zero-order valence-electron chi connectivity index (χ0n) is 13.1. The molecule has 116 valence electrons. The molecular weight excluding hydrogens is 266 g/mol. The quantitative estimate of drug-likeness (QED) is 0.774. The van der Waals surface area contributed by atoms with E-state index in [1.165, 1.54) is 5.56 Å². The number of carbonyl (C=O) groups is 2. The van der Waals surface area contributed by atoms with E-state index in [2.05, 4.69) is 5.32 Å². The Kier molecular flexibility index (Phi) is 6.92. The molecule has 0 heterocycles. The first-order chi connectivity index (χ1) is 9.93. The van der Waals surface area contributed by atoms with Gasteiger partial charge in [0.05, 0.1) is 0 Å². The topological polar surface area (TPSA) is 66.4 Å². The molecule has 0 aliphatic carbocycles. The molecule has 21 heavy (non-hydrogen) atoms. The van der Waals surface area contributed by atoms with Crippen LogP contribution >= 0.6 is 0 Å². The number of unbranched alkanes of at least 4 members (excludes halogenated alkanes) is 1. The van der Waals surface area contributed by atoms with Crippen molar-refractivity contribution in [3.05, 3.63) is 35.4 Å². The van der Waals surface area contributed by atoms with E-state index in [1.807, 2.05) is 45.0 Å². The molecule has 0 radical (unpaired) electrons. The van der Waals surface area contributed by atoms with E-state index in [0.29, 0.717) is 12.8 Å². The van der Waals surface area contributed by atoms with Gasteiger partial charge in [0.1, 0.15) is 6.04 Å². The molecule has 0 aliphatic rings. The summed E-state index contributed by atoms with van der Waals surface area (Å²) >= 11 is 0. The van der Waals surface area contributed by atoms with Gasteiger partial charge in [-0.25, -0.2) is 4.79 Å². The van der Waals surface area contributed by atoms with Gasteiger partial charge in [0.15, 0.2) is 0 Å². The van der Waals surface area contributed by atoms with Gasteiger partial charge in [-0.3, -0.25) is 4.79 Å². The standard InChI is InChI=1S/C17H25NO3/c1-4-5-6-15(17(20)21)18-16(19)13(3)11-14-9-7-12(2)8-10-14/h7-10,13,15H,4-6,11H2,1-3H3,(H,18,19)(H,20,21). The Bertz CT molecular complexity index is 467. The van der Waals surface area contributed by atoms with Gasteiger partial charge in [0.2, 0.25) is 5.91 Å². The van der Waals surface area contributed by atoms with Crippen LogP contribution in [0.3, 0.4) is 0 Å². The van der Waals surface area contributed by atoms with Crippen LogP contribution in [0.15, 0.2) is 24.3 Å². The molecular formula is C17H25NO3. The fourth-order valence-corrected chi connectivity index (χ4v) is 2.15. The number of amides is 1. The molecule has 0 fully saturated rings. The molecule has 2 N–H and O–H groups in total. The Morgan fingerprint density at radius 3 is 2.38 bits per heavy atom. The number of carbonyl (C=O) groups excluding carboxylic acids is 1. The zero-order valence-corrected chi connectivity index (χ0v) is 13.1. The van der Waals surface area contributed by atoms with Crippen LogP contribution in [0.1, 0.15) is 44.2 Å². The number of carboxylic acid groups (broad SMARTS) is 1. The largest absolute Gasteiger partial charge is 0.480 e. The molecule has 2 atom stereocenters. The van der Waals surface area contributed by atoms with Crippen LogP contribution in [0.4, 0.5) is 0 Å². The second-order valence-corrected chi connectivity index (χ2v) is 5.63. The summed E-state index contributed by atoms with van der Waals surface area (Å²) in [6.45, 7) is 5.85. The molecule has 1 rings (SSSR count). The van der Waals surface area contributed by atoms with E-state index in [-0.39, 0.29) is 11.8 Å². The predicted molar refractivity (Wildman–Crippen MR) is 83.1 cm³/mol. The molecule has 4 nitrogen and oxygen atoms in total. The highest BCUT2D eigenvalue weighted by atomic mass is 16.4. The van der Waals surface area contributed by atoms with Gasteiger partial charge < -0.3 is 10.4 Å². The van der Waals surface area contributed by atoms with E-state index in [4.69, 9.17) is 5.11 Å². The maximum Gasteiger partial charge on any atom is 0.326 e. The van der Waals surface area contributed by atoms with Gasteiger partial charge in [-0.1, -0.05) is 56.5 Å². The van der Waals surface area contributed by atoms with Gasteiger partial charge in [0.25, 0.3) is 0 Å². The Hall–Kier alpha value is -1.84. The lowest BCUT2D eigenvalue weighted by atomic mass is 9.99. The first-order valence-corrected chi connectivity index (χ1v) is 7.52. The number of hydrogen-bond acceptors (Lipinski definition) is 2. The molecule has 2 unspecified atom stereocenters. The lowest BCUT2D eigenvalue weighted by Gasteiger charge is -2.17. The number of rotatable bonds is 8. The average Bonchev–Trinajstić information content (AvgIpc) is 2.45. The normalized spacial score (nSPS) is 13.5. The number of carboxylic acids is 1. The summed E-state index contributed by atoms with van der Waals surface area (Å²) in [6.07, 6.45) is 2.81. The van der Waals surface area contributed by atoms with Crippen LogP contribution in [0.5, 0.6) is 0 Å². The zero-order chi connectivity index (χ0) is 15.8. The first-order valence-electron chi connectivity index (χ1n) is 7.52. The van der Waals surface area contributed by atoms with E-state index in [1.54, 1.807) is 0 Å². The smallest absolute Gasteiger partial charge is 0.326 e. The Morgan fingerprint density at radius 2 is 1.86 bits per heavy atom. The second kappa shape index (κ2) is 8.45. The first kappa shape index (κ1) is 17.2. The lowest BCUT2D eigenvalue weighted by molar-refractivity contribution is -0.142. The van der Waals surface area contributed by atoms with Gasteiger partial charge in [-0.2, -0.15) is 0 Å². The van der Waals surface area contributed by atoms with Crippen molar-refractivity contribution in [3.63, 3.8) is 0 Å². The molecule has 4 heteroatoms. The third-order valence-corrected chi connectivity index (χ3v) is 3.57. The number of aryl methyl sites for hydroxylation is 1. The summed E-state index contributed by atoms with van der Waals surface area (Å²) in [5, 5.41) is 11.8. The summed E-state index contributed by atoms with van der Waals surface area (Å²) < 4.78 is 0. The fourth-order valence-electron chi connectivity index (χ4n) is 2.15. The molecule has 0 aliphatic heterocycles. The highest BCUT2D eigenvalue weighted by Crippen LogP contribution is 2.11. The van der Waals surface area contributed by atoms with E-state index >= 15 is 0 Å². The maximum atomic E-state index is 12.1. The van der Waals surface area contributed by atoms with Crippen LogP contribution < -0.4 is 5.32 Å². The Balaban J connectivity index is 2.56. The fraction of sp³-hybridized carbons (Fsp3) is 0.529. The molecule has 0 saturated heterocycles. The molecule has 0 aromatic heterocycles. The molecule has 0 saturated carbocycles. The molecule has 1 amide bonds. The Labute approximate surface area is 126 Å². The highest BCUT2D eigenvalue weighted by molar-refractivity contribution is 5.84. The SMILES string of the molecule is CCCCC(NC(=O)C(C)Cc1ccc(C)cc1)C(=O)O.